The van der Waals surface area contributed by atoms with E-state index in [2.05, 4.69) is 0 Å². The van der Waals surface area contributed by atoms with Crippen LogP contribution in [0.2, 0.25) is 0 Å². The number of phenolic OH excluding ortho intramolecular Hbond substituents is 1. The third-order valence-electron chi connectivity index (χ3n) is 4.33. The number of aromatic hydroxyl groups is 1. The molecule has 0 bridgehead atoms. The highest BCUT2D eigenvalue weighted by Gasteiger charge is 2.31. The zero-order valence-corrected chi connectivity index (χ0v) is 15.0. The maximum Gasteiger partial charge on any atom is 0.270 e. The molecule has 0 atom stereocenters. The van der Waals surface area contributed by atoms with Crippen LogP contribution < -0.4 is 0 Å². The van der Waals surface area contributed by atoms with Gasteiger partial charge in [0.05, 0.1) is 15.4 Å². The first-order chi connectivity index (χ1) is 12.8. The molecule has 0 radical (unpaired) electrons. The third kappa shape index (κ3) is 3.76. The number of carbonyl (C=O) groups excluding carboxylic acids is 1. The molecule has 1 aliphatic heterocycles. The molecular weight excluding hydrogens is 374 g/mol. The fourth-order valence-corrected chi connectivity index (χ4v) is 4.33. The molecule has 2 aromatic rings. The number of carbonyl (C=O) groups is 1. The van der Waals surface area contributed by atoms with Crippen molar-refractivity contribution in [3.8, 4) is 5.75 Å². The van der Waals surface area contributed by atoms with Crippen molar-refractivity contribution >= 4 is 21.6 Å². The van der Waals surface area contributed by atoms with E-state index in [1.54, 1.807) is 12.1 Å². The molecule has 1 amide bonds. The Hall–Kier alpha value is -2.98. The second-order valence-electron chi connectivity index (χ2n) is 5.97. The summed E-state index contributed by atoms with van der Waals surface area (Å²) in [6.45, 7) is 0.428. The maximum atomic E-state index is 12.7. The number of para-hydroxylation sites is 1. The van der Waals surface area contributed by atoms with Gasteiger partial charge in [-0.2, -0.15) is 4.31 Å². The van der Waals surface area contributed by atoms with Gasteiger partial charge in [0, 0.05) is 38.3 Å². The van der Waals surface area contributed by atoms with E-state index in [1.165, 1.54) is 39.5 Å². The molecule has 0 aromatic heterocycles. The van der Waals surface area contributed by atoms with Crippen LogP contribution in [0.5, 0.6) is 5.75 Å². The van der Waals surface area contributed by atoms with E-state index < -0.39 is 14.9 Å². The molecule has 0 unspecified atom stereocenters. The molecule has 3 rings (SSSR count). The predicted molar refractivity (Wildman–Crippen MR) is 95.9 cm³/mol. The highest BCUT2D eigenvalue weighted by atomic mass is 32.2. The van der Waals surface area contributed by atoms with Crippen LogP contribution in [0.4, 0.5) is 5.69 Å². The fraction of sp³-hybridized carbons (Fsp3) is 0.235. The summed E-state index contributed by atoms with van der Waals surface area (Å²) in [5, 5.41) is 20.7. The molecule has 27 heavy (non-hydrogen) atoms. The first kappa shape index (κ1) is 18.8. The van der Waals surface area contributed by atoms with Crippen LogP contribution in [0.15, 0.2) is 53.4 Å². The Labute approximate surface area is 155 Å². The standard InChI is InChI=1S/C17H17N3O6S/c21-16-7-2-1-6-15(16)17(22)18-8-10-19(11-9-18)27(25,26)14-5-3-4-13(12-14)20(23)24/h1-7,12,21H,8-11H2. The van der Waals surface area contributed by atoms with Crippen LogP contribution >= 0.6 is 0 Å². The minimum atomic E-state index is -3.90. The molecule has 1 heterocycles. The lowest BCUT2D eigenvalue weighted by atomic mass is 10.1. The van der Waals surface area contributed by atoms with E-state index >= 15 is 0 Å². The number of hydrogen-bond donors (Lipinski definition) is 1. The highest BCUT2D eigenvalue weighted by molar-refractivity contribution is 7.89. The molecular formula is C17H17N3O6S. The van der Waals surface area contributed by atoms with E-state index in [0.29, 0.717) is 0 Å². The van der Waals surface area contributed by atoms with Gasteiger partial charge >= 0.3 is 0 Å². The smallest absolute Gasteiger partial charge is 0.270 e. The Kier molecular flexibility index (Phi) is 5.10. The summed E-state index contributed by atoms with van der Waals surface area (Å²) in [6.07, 6.45) is 0. The molecule has 10 heteroatoms. The summed E-state index contributed by atoms with van der Waals surface area (Å²) in [4.78, 5) is 24.0. The Bertz CT molecular complexity index is 984. The van der Waals surface area contributed by atoms with Crippen LogP contribution in [0.3, 0.4) is 0 Å². The number of amides is 1. The monoisotopic (exact) mass is 391 g/mol. The molecule has 0 aliphatic carbocycles. The zero-order chi connectivity index (χ0) is 19.6. The van der Waals surface area contributed by atoms with Crippen molar-refractivity contribution < 1.29 is 23.2 Å². The topological polar surface area (TPSA) is 121 Å². The van der Waals surface area contributed by atoms with Gasteiger partial charge in [0.2, 0.25) is 10.0 Å². The molecule has 9 nitrogen and oxygen atoms in total. The van der Waals surface area contributed by atoms with Crippen LogP contribution in [-0.4, -0.2) is 59.7 Å². The van der Waals surface area contributed by atoms with Gasteiger partial charge in [-0.05, 0) is 18.2 Å². The summed E-state index contributed by atoms with van der Waals surface area (Å²) in [5.41, 5.74) is -0.142. The van der Waals surface area contributed by atoms with E-state index in [0.717, 1.165) is 6.07 Å². The highest BCUT2D eigenvalue weighted by Crippen LogP contribution is 2.23. The number of nitro groups is 1. The molecule has 142 valence electrons. The quantitative estimate of drug-likeness (QED) is 0.622. The number of non-ortho nitro benzene ring substituents is 1. The second kappa shape index (κ2) is 7.33. The summed E-state index contributed by atoms with van der Waals surface area (Å²) in [6, 6.07) is 11.0. The molecule has 2 aromatic carbocycles. The molecule has 1 saturated heterocycles. The van der Waals surface area contributed by atoms with Gasteiger partial charge in [-0.25, -0.2) is 8.42 Å². The second-order valence-corrected chi connectivity index (χ2v) is 7.91. The Morgan fingerprint density at radius 1 is 1.04 bits per heavy atom. The lowest BCUT2D eigenvalue weighted by Gasteiger charge is -2.34. The van der Waals surface area contributed by atoms with Crippen molar-refractivity contribution in [2.45, 2.75) is 4.90 Å². The zero-order valence-electron chi connectivity index (χ0n) is 14.2. The Morgan fingerprint density at radius 2 is 1.70 bits per heavy atom. The lowest BCUT2D eigenvalue weighted by molar-refractivity contribution is -0.385. The van der Waals surface area contributed by atoms with Crippen LogP contribution in [0, 0.1) is 10.1 Å². The largest absolute Gasteiger partial charge is 0.507 e. The number of sulfonamides is 1. The average molecular weight is 391 g/mol. The Morgan fingerprint density at radius 3 is 2.33 bits per heavy atom. The van der Waals surface area contributed by atoms with E-state index in [1.807, 2.05) is 0 Å². The average Bonchev–Trinajstić information content (AvgIpc) is 2.68. The van der Waals surface area contributed by atoms with Crippen molar-refractivity contribution in [2.75, 3.05) is 26.2 Å². The summed E-state index contributed by atoms with van der Waals surface area (Å²) in [5.74, 6) is -0.505. The SMILES string of the molecule is O=C(c1ccccc1O)N1CCN(S(=O)(=O)c2cccc([N+](=O)[O-])c2)CC1. The van der Waals surface area contributed by atoms with Crippen molar-refractivity contribution in [1.29, 1.82) is 0 Å². The maximum absolute atomic E-state index is 12.7. The number of piperazine rings is 1. The van der Waals surface area contributed by atoms with Crippen molar-refractivity contribution in [3.05, 3.63) is 64.2 Å². The number of hydrogen-bond acceptors (Lipinski definition) is 6. The van der Waals surface area contributed by atoms with E-state index in [-0.39, 0.29) is 54.0 Å². The van der Waals surface area contributed by atoms with Gasteiger partial charge in [0.15, 0.2) is 0 Å². The van der Waals surface area contributed by atoms with Crippen LogP contribution in [0.25, 0.3) is 0 Å². The predicted octanol–water partition coefficient (Wildman–Crippen LogP) is 1.45. The number of rotatable bonds is 4. The minimum Gasteiger partial charge on any atom is -0.507 e. The van der Waals surface area contributed by atoms with Crippen molar-refractivity contribution in [1.82, 2.24) is 9.21 Å². The van der Waals surface area contributed by atoms with Gasteiger partial charge < -0.3 is 10.0 Å². The normalized spacial score (nSPS) is 15.5. The number of nitrogens with zero attached hydrogens (tertiary/aromatic N) is 3. The minimum absolute atomic E-state index is 0.0599. The van der Waals surface area contributed by atoms with Crippen molar-refractivity contribution in [2.24, 2.45) is 0 Å². The third-order valence-corrected chi connectivity index (χ3v) is 6.22. The molecule has 1 aliphatic rings. The van der Waals surface area contributed by atoms with Gasteiger partial charge in [-0.15, -0.1) is 0 Å². The van der Waals surface area contributed by atoms with Crippen molar-refractivity contribution in [3.63, 3.8) is 0 Å². The fourth-order valence-electron chi connectivity index (χ4n) is 2.86. The molecule has 0 spiro atoms. The van der Waals surface area contributed by atoms with Gasteiger partial charge in [0.1, 0.15) is 5.75 Å². The van der Waals surface area contributed by atoms with Crippen LogP contribution in [0.1, 0.15) is 10.4 Å². The first-order valence-electron chi connectivity index (χ1n) is 8.12. The summed E-state index contributed by atoms with van der Waals surface area (Å²) < 4.78 is 26.6. The van der Waals surface area contributed by atoms with Crippen LogP contribution in [-0.2, 0) is 10.0 Å². The molecule has 1 fully saturated rings. The number of phenols is 1. The van der Waals surface area contributed by atoms with Gasteiger partial charge in [-0.1, -0.05) is 18.2 Å². The van der Waals surface area contributed by atoms with E-state index in [4.69, 9.17) is 0 Å². The number of benzene rings is 2. The Balaban J connectivity index is 1.73. The van der Waals surface area contributed by atoms with E-state index in [9.17, 15) is 28.4 Å². The van der Waals surface area contributed by atoms with Gasteiger partial charge in [-0.3, -0.25) is 14.9 Å². The molecule has 0 saturated carbocycles. The summed E-state index contributed by atoms with van der Waals surface area (Å²) in [7, 11) is -3.90. The number of nitro benzene ring substituents is 1. The lowest BCUT2D eigenvalue weighted by Crippen LogP contribution is -2.50. The summed E-state index contributed by atoms with van der Waals surface area (Å²) >= 11 is 0. The van der Waals surface area contributed by atoms with Gasteiger partial charge in [0.25, 0.3) is 11.6 Å². The molecule has 1 N–H and O–H groups in total. The first-order valence-corrected chi connectivity index (χ1v) is 9.56.